The number of pyridine rings is 1. The van der Waals surface area contributed by atoms with Crippen LogP contribution in [0.15, 0.2) is 30.6 Å². The van der Waals surface area contributed by atoms with Crippen molar-refractivity contribution in [3.8, 4) is 11.9 Å². The van der Waals surface area contributed by atoms with Gasteiger partial charge < -0.3 is 14.4 Å². The smallest absolute Gasteiger partial charge is 0.433 e. The van der Waals surface area contributed by atoms with E-state index in [2.05, 4.69) is 15.0 Å². The Labute approximate surface area is 153 Å². The van der Waals surface area contributed by atoms with Gasteiger partial charge >= 0.3 is 12.2 Å². The van der Waals surface area contributed by atoms with E-state index in [9.17, 15) is 18.0 Å². The summed E-state index contributed by atoms with van der Waals surface area (Å²) in [5.74, 6) is -0.0648. The van der Waals surface area contributed by atoms with Gasteiger partial charge in [-0.3, -0.25) is 4.79 Å². The van der Waals surface area contributed by atoms with Gasteiger partial charge in [0.2, 0.25) is 5.88 Å². The van der Waals surface area contributed by atoms with E-state index in [-0.39, 0.29) is 24.3 Å². The van der Waals surface area contributed by atoms with Crippen LogP contribution in [0, 0.1) is 0 Å². The van der Waals surface area contributed by atoms with E-state index in [1.807, 2.05) is 0 Å². The summed E-state index contributed by atoms with van der Waals surface area (Å²) in [5, 5.41) is 0. The number of carbonyl (C=O) groups is 1. The van der Waals surface area contributed by atoms with E-state index in [0.29, 0.717) is 24.9 Å². The van der Waals surface area contributed by atoms with Gasteiger partial charge in [-0.25, -0.2) is 9.97 Å². The largest absolute Gasteiger partial charge is 0.480 e. The summed E-state index contributed by atoms with van der Waals surface area (Å²) < 4.78 is 48.9. The average molecular weight is 382 g/mol. The second-order valence-corrected chi connectivity index (χ2v) is 5.92. The minimum absolute atomic E-state index is 0.205. The molecule has 1 atom stereocenters. The van der Waals surface area contributed by atoms with Crippen LogP contribution in [-0.4, -0.2) is 52.1 Å². The van der Waals surface area contributed by atoms with E-state index in [1.54, 1.807) is 17.0 Å². The third-order valence-corrected chi connectivity index (χ3v) is 4.06. The lowest BCUT2D eigenvalue weighted by Gasteiger charge is -2.32. The molecular weight excluding hydrogens is 365 g/mol. The highest BCUT2D eigenvalue weighted by atomic mass is 19.4. The molecule has 0 radical (unpaired) electrons. The van der Waals surface area contributed by atoms with Crippen molar-refractivity contribution in [2.45, 2.75) is 25.1 Å². The summed E-state index contributed by atoms with van der Waals surface area (Å²) in [6, 6.07) is 3.65. The molecule has 0 bridgehead atoms. The fourth-order valence-electron chi connectivity index (χ4n) is 2.81. The van der Waals surface area contributed by atoms with E-state index in [4.69, 9.17) is 9.47 Å². The Morgan fingerprint density at radius 2 is 2.07 bits per heavy atom. The Bertz CT molecular complexity index is 816. The number of alkyl halides is 3. The minimum Gasteiger partial charge on any atom is -0.480 e. The van der Waals surface area contributed by atoms with Crippen LogP contribution < -0.4 is 9.47 Å². The van der Waals surface area contributed by atoms with Gasteiger partial charge in [0, 0.05) is 18.9 Å². The first-order valence-corrected chi connectivity index (χ1v) is 8.23. The van der Waals surface area contributed by atoms with Crippen molar-refractivity contribution in [2.24, 2.45) is 0 Å². The highest BCUT2D eigenvalue weighted by Crippen LogP contribution is 2.28. The number of carbonyl (C=O) groups excluding carboxylic acids is 1. The van der Waals surface area contributed by atoms with E-state index in [1.165, 1.54) is 13.3 Å². The van der Waals surface area contributed by atoms with Crippen LogP contribution in [0.2, 0.25) is 0 Å². The number of hydrogen-bond donors (Lipinski definition) is 0. The van der Waals surface area contributed by atoms with E-state index >= 15 is 0 Å². The van der Waals surface area contributed by atoms with Crippen LogP contribution in [0.25, 0.3) is 0 Å². The third-order valence-electron chi connectivity index (χ3n) is 4.06. The fraction of sp³-hybridized carbons (Fsp3) is 0.412. The van der Waals surface area contributed by atoms with Crippen molar-refractivity contribution in [1.29, 1.82) is 0 Å². The van der Waals surface area contributed by atoms with Gasteiger partial charge in [-0.1, -0.05) is 0 Å². The molecule has 1 unspecified atom stereocenters. The second kappa shape index (κ2) is 7.77. The van der Waals surface area contributed by atoms with Gasteiger partial charge in [0.15, 0.2) is 5.69 Å². The highest BCUT2D eigenvalue weighted by Gasteiger charge is 2.34. The van der Waals surface area contributed by atoms with Crippen molar-refractivity contribution in [1.82, 2.24) is 19.9 Å². The standard InChI is InChI=1S/C17H17F3N4O3/c1-26-14-12(5-2-7-21-14)15(25)24-9-3-4-11(10-24)27-16-22-8-6-13(23-16)17(18,19)20/h2,5-8,11H,3-4,9-10H2,1H3. The molecule has 3 rings (SSSR count). The van der Waals surface area contributed by atoms with E-state index < -0.39 is 18.0 Å². The Hall–Kier alpha value is -2.91. The van der Waals surface area contributed by atoms with Crippen molar-refractivity contribution in [3.05, 3.63) is 41.9 Å². The molecule has 27 heavy (non-hydrogen) atoms. The topological polar surface area (TPSA) is 77.4 Å². The molecular formula is C17H17F3N4O3. The third kappa shape index (κ3) is 4.44. The molecule has 0 aromatic carbocycles. The molecule has 0 spiro atoms. The van der Waals surface area contributed by atoms with Crippen molar-refractivity contribution in [3.63, 3.8) is 0 Å². The zero-order chi connectivity index (χ0) is 19.4. The lowest BCUT2D eigenvalue weighted by molar-refractivity contribution is -0.141. The summed E-state index contributed by atoms with van der Waals surface area (Å²) in [6.45, 7) is 0.705. The monoisotopic (exact) mass is 382 g/mol. The van der Waals surface area contributed by atoms with Gasteiger partial charge in [-0.2, -0.15) is 18.2 Å². The predicted octanol–water partition coefficient (Wildman–Crippen LogP) is 2.58. The number of rotatable bonds is 4. The van der Waals surface area contributed by atoms with Gasteiger partial charge in [0.25, 0.3) is 5.91 Å². The second-order valence-electron chi connectivity index (χ2n) is 5.92. The van der Waals surface area contributed by atoms with Gasteiger partial charge in [-0.15, -0.1) is 0 Å². The number of ether oxygens (including phenoxy) is 2. The van der Waals surface area contributed by atoms with Crippen LogP contribution in [0.4, 0.5) is 13.2 Å². The van der Waals surface area contributed by atoms with Crippen LogP contribution >= 0.6 is 0 Å². The maximum Gasteiger partial charge on any atom is 0.433 e. The molecule has 1 saturated heterocycles. The van der Waals surface area contributed by atoms with Crippen LogP contribution in [-0.2, 0) is 6.18 Å². The Morgan fingerprint density at radius 1 is 1.26 bits per heavy atom. The molecule has 10 heteroatoms. The molecule has 144 valence electrons. The molecule has 1 aliphatic rings. The first-order chi connectivity index (χ1) is 12.9. The SMILES string of the molecule is COc1ncccc1C(=O)N1CCCC(Oc2nccc(C(F)(F)F)n2)C1. The number of nitrogens with zero attached hydrogens (tertiary/aromatic N) is 4. The summed E-state index contributed by atoms with van der Waals surface area (Å²) in [5.41, 5.74) is -0.757. The molecule has 0 saturated carbocycles. The molecule has 1 amide bonds. The summed E-state index contributed by atoms with van der Waals surface area (Å²) in [6.07, 6.45) is -1.35. The van der Waals surface area contributed by atoms with Crippen molar-refractivity contribution in [2.75, 3.05) is 20.2 Å². The van der Waals surface area contributed by atoms with E-state index in [0.717, 1.165) is 12.3 Å². The number of hydrogen-bond acceptors (Lipinski definition) is 6. The number of aromatic nitrogens is 3. The number of halogens is 3. The lowest BCUT2D eigenvalue weighted by atomic mass is 10.1. The first kappa shape index (κ1) is 18.9. The summed E-state index contributed by atoms with van der Waals surface area (Å²) in [4.78, 5) is 25.4. The van der Waals surface area contributed by atoms with Gasteiger partial charge in [0.1, 0.15) is 11.7 Å². The van der Waals surface area contributed by atoms with Crippen molar-refractivity contribution < 1.29 is 27.4 Å². The highest BCUT2D eigenvalue weighted by molar-refractivity contribution is 5.96. The molecule has 2 aromatic rings. The molecule has 2 aromatic heterocycles. The van der Waals surface area contributed by atoms with Crippen molar-refractivity contribution >= 4 is 5.91 Å². The predicted molar refractivity (Wildman–Crippen MR) is 87.4 cm³/mol. The van der Waals surface area contributed by atoms with Gasteiger partial charge in [0.05, 0.1) is 13.7 Å². The quantitative estimate of drug-likeness (QED) is 0.809. The van der Waals surface area contributed by atoms with Crippen LogP contribution in [0.1, 0.15) is 28.9 Å². The number of amides is 1. The zero-order valence-electron chi connectivity index (χ0n) is 14.4. The molecule has 3 heterocycles. The summed E-state index contributed by atoms with van der Waals surface area (Å²) >= 11 is 0. The number of likely N-dealkylation sites (tertiary alicyclic amines) is 1. The molecule has 0 N–H and O–H groups in total. The molecule has 1 aliphatic heterocycles. The average Bonchev–Trinajstić information content (AvgIpc) is 2.67. The number of piperidine rings is 1. The Kier molecular flexibility index (Phi) is 5.43. The maximum atomic E-state index is 12.8. The lowest BCUT2D eigenvalue weighted by Crippen LogP contribution is -2.44. The minimum atomic E-state index is -4.58. The maximum absolute atomic E-state index is 12.8. The first-order valence-electron chi connectivity index (χ1n) is 8.23. The van der Waals surface area contributed by atoms with Crippen LogP contribution in [0.5, 0.6) is 11.9 Å². The number of methoxy groups -OCH3 is 1. The Morgan fingerprint density at radius 3 is 2.81 bits per heavy atom. The summed E-state index contributed by atoms with van der Waals surface area (Å²) in [7, 11) is 1.42. The fourth-order valence-corrected chi connectivity index (χ4v) is 2.81. The normalized spacial score (nSPS) is 17.5. The Balaban J connectivity index is 1.70. The molecule has 1 fully saturated rings. The van der Waals surface area contributed by atoms with Gasteiger partial charge in [-0.05, 0) is 31.0 Å². The molecule has 0 aliphatic carbocycles. The zero-order valence-corrected chi connectivity index (χ0v) is 14.4. The van der Waals surface area contributed by atoms with Crippen LogP contribution in [0.3, 0.4) is 0 Å². The molecule has 7 nitrogen and oxygen atoms in total.